The van der Waals surface area contributed by atoms with E-state index in [1.165, 1.54) is 13.0 Å². The molecule has 2 amide bonds. The van der Waals surface area contributed by atoms with Crippen molar-refractivity contribution < 1.29 is 31.2 Å². The van der Waals surface area contributed by atoms with E-state index in [9.17, 15) is 31.2 Å². The highest BCUT2D eigenvalue weighted by Crippen LogP contribution is 2.34. The first kappa shape index (κ1) is 23.7. The molecule has 0 aliphatic carbocycles. The van der Waals surface area contributed by atoms with Crippen LogP contribution in [0, 0.1) is 0 Å². The van der Waals surface area contributed by atoms with Gasteiger partial charge in [-0.1, -0.05) is 24.3 Å². The first-order valence-electron chi connectivity index (χ1n) is 9.83. The van der Waals surface area contributed by atoms with Crippen molar-refractivity contribution in [3.63, 3.8) is 0 Å². The van der Waals surface area contributed by atoms with Crippen LogP contribution in [0.1, 0.15) is 30.9 Å². The lowest BCUT2D eigenvalue weighted by molar-refractivity contribution is -0.139. The highest BCUT2D eigenvalue weighted by atomic mass is 32.2. The molecule has 0 unspecified atom stereocenters. The van der Waals surface area contributed by atoms with E-state index in [-0.39, 0.29) is 5.91 Å². The molecule has 1 aliphatic heterocycles. The van der Waals surface area contributed by atoms with Gasteiger partial charge >= 0.3 is 6.18 Å². The maximum Gasteiger partial charge on any atom is 0.417 e. The van der Waals surface area contributed by atoms with E-state index in [0.29, 0.717) is 31.3 Å². The van der Waals surface area contributed by atoms with Crippen molar-refractivity contribution >= 4 is 27.5 Å². The number of halogens is 3. The van der Waals surface area contributed by atoms with Crippen LogP contribution in [0.2, 0.25) is 0 Å². The third kappa shape index (κ3) is 5.65. The molecular weight excluding hydrogens is 447 g/mol. The minimum atomic E-state index is -4.87. The predicted octanol–water partition coefficient (Wildman–Crippen LogP) is 3.13. The molecule has 32 heavy (non-hydrogen) atoms. The van der Waals surface area contributed by atoms with Gasteiger partial charge in [0.1, 0.15) is 0 Å². The Balaban J connectivity index is 1.69. The Kier molecular flexibility index (Phi) is 6.89. The van der Waals surface area contributed by atoms with Crippen LogP contribution in [0.15, 0.2) is 53.4 Å². The SMILES string of the molecule is C[C@H](NS(=O)(=O)c1ccccc1C(F)(F)F)C(=O)Nc1cccc(CN2CCCC2=O)c1. The molecule has 1 saturated heterocycles. The number of sulfonamides is 1. The summed E-state index contributed by atoms with van der Waals surface area (Å²) in [6.07, 6.45) is -3.57. The second-order valence-corrected chi connectivity index (χ2v) is 9.13. The van der Waals surface area contributed by atoms with Gasteiger partial charge in [0.05, 0.1) is 16.5 Å². The minimum Gasteiger partial charge on any atom is -0.338 e. The maximum atomic E-state index is 13.2. The van der Waals surface area contributed by atoms with E-state index in [2.05, 4.69) is 5.32 Å². The Labute approximate surface area is 183 Å². The second kappa shape index (κ2) is 9.29. The number of hydrogen-bond donors (Lipinski definition) is 2. The number of anilines is 1. The fourth-order valence-corrected chi connectivity index (χ4v) is 4.80. The zero-order valence-electron chi connectivity index (χ0n) is 17.1. The average molecular weight is 469 g/mol. The van der Waals surface area contributed by atoms with Crippen LogP contribution >= 0.6 is 0 Å². The second-order valence-electron chi connectivity index (χ2n) is 7.45. The number of benzene rings is 2. The number of hydrogen-bond acceptors (Lipinski definition) is 4. The van der Waals surface area contributed by atoms with E-state index in [0.717, 1.165) is 24.1 Å². The number of nitrogens with one attached hydrogen (secondary N) is 2. The van der Waals surface area contributed by atoms with Crippen molar-refractivity contribution in [2.24, 2.45) is 0 Å². The van der Waals surface area contributed by atoms with Gasteiger partial charge in [-0.3, -0.25) is 9.59 Å². The average Bonchev–Trinajstić information content (AvgIpc) is 3.11. The summed E-state index contributed by atoms with van der Waals surface area (Å²) in [5, 5.41) is 2.55. The Morgan fingerprint density at radius 1 is 1.16 bits per heavy atom. The van der Waals surface area contributed by atoms with Gasteiger partial charge in [0, 0.05) is 25.2 Å². The van der Waals surface area contributed by atoms with Crippen LogP contribution in [0.3, 0.4) is 0 Å². The normalized spacial score (nSPS) is 15.6. The summed E-state index contributed by atoms with van der Waals surface area (Å²) in [7, 11) is -4.62. The molecule has 7 nitrogen and oxygen atoms in total. The van der Waals surface area contributed by atoms with Gasteiger partial charge in [0.15, 0.2) is 0 Å². The lowest BCUT2D eigenvalue weighted by Crippen LogP contribution is -2.42. The third-order valence-electron chi connectivity index (χ3n) is 4.95. The van der Waals surface area contributed by atoms with Crippen LogP contribution in [-0.2, 0) is 32.3 Å². The van der Waals surface area contributed by atoms with Gasteiger partial charge in [-0.05, 0) is 43.2 Å². The van der Waals surface area contributed by atoms with Crippen LogP contribution < -0.4 is 10.0 Å². The molecule has 1 fully saturated rings. The Bertz CT molecular complexity index is 1120. The van der Waals surface area contributed by atoms with Crippen LogP contribution in [0.5, 0.6) is 0 Å². The van der Waals surface area contributed by atoms with Gasteiger partial charge in [-0.2, -0.15) is 17.9 Å². The minimum absolute atomic E-state index is 0.0570. The summed E-state index contributed by atoms with van der Waals surface area (Å²) < 4.78 is 66.5. The smallest absolute Gasteiger partial charge is 0.338 e. The highest BCUT2D eigenvalue weighted by molar-refractivity contribution is 7.89. The number of carbonyl (C=O) groups excluding carboxylic acids is 2. The number of nitrogens with zero attached hydrogens (tertiary/aromatic N) is 1. The monoisotopic (exact) mass is 469 g/mol. The molecule has 2 aromatic rings. The third-order valence-corrected chi connectivity index (χ3v) is 6.55. The molecule has 1 atom stereocenters. The molecular formula is C21H22F3N3O4S. The standard InChI is InChI=1S/C21H22F3N3O4S/c1-14(26-32(30,31)18-9-3-2-8-17(18)21(22,23)24)20(29)25-16-7-4-6-15(12-16)13-27-11-5-10-19(27)28/h2-4,6-9,12,14,26H,5,10-11,13H2,1H3,(H,25,29)/t14-/m0/s1. The fourth-order valence-electron chi connectivity index (χ4n) is 3.37. The number of likely N-dealkylation sites (tertiary alicyclic amines) is 1. The zero-order chi connectivity index (χ0) is 23.5. The van der Waals surface area contributed by atoms with Crippen molar-refractivity contribution in [3.8, 4) is 0 Å². The van der Waals surface area contributed by atoms with Crippen molar-refractivity contribution in [1.82, 2.24) is 9.62 Å². The summed E-state index contributed by atoms with van der Waals surface area (Å²) in [6, 6.07) is 9.13. The Morgan fingerprint density at radius 3 is 2.53 bits per heavy atom. The zero-order valence-corrected chi connectivity index (χ0v) is 18.0. The summed E-state index contributed by atoms with van der Waals surface area (Å²) in [5.41, 5.74) is -0.157. The van der Waals surface area contributed by atoms with Crippen molar-refractivity contribution in [2.75, 3.05) is 11.9 Å². The molecule has 0 bridgehead atoms. The largest absolute Gasteiger partial charge is 0.417 e. The molecule has 2 aromatic carbocycles. The van der Waals surface area contributed by atoms with E-state index in [4.69, 9.17) is 0 Å². The molecule has 0 aromatic heterocycles. The van der Waals surface area contributed by atoms with Crippen LogP contribution in [0.25, 0.3) is 0 Å². The lowest BCUT2D eigenvalue weighted by Gasteiger charge is -2.18. The van der Waals surface area contributed by atoms with Crippen molar-refractivity contribution in [2.45, 2.75) is 43.4 Å². The number of alkyl halides is 3. The molecule has 172 valence electrons. The van der Waals surface area contributed by atoms with Gasteiger partial charge in [-0.25, -0.2) is 8.42 Å². The fraction of sp³-hybridized carbons (Fsp3) is 0.333. The van der Waals surface area contributed by atoms with Crippen LogP contribution in [0.4, 0.5) is 18.9 Å². The maximum absolute atomic E-state index is 13.2. The summed E-state index contributed by atoms with van der Waals surface area (Å²) >= 11 is 0. The predicted molar refractivity (Wildman–Crippen MR) is 111 cm³/mol. The first-order valence-corrected chi connectivity index (χ1v) is 11.3. The van der Waals surface area contributed by atoms with Gasteiger partial charge < -0.3 is 10.2 Å². The molecule has 1 aliphatic rings. The van der Waals surface area contributed by atoms with Gasteiger partial charge in [-0.15, -0.1) is 0 Å². The van der Waals surface area contributed by atoms with E-state index in [1.807, 2.05) is 4.72 Å². The Morgan fingerprint density at radius 2 is 1.88 bits per heavy atom. The molecule has 2 N–H and O–H groups in total. The van der Waals surface area contributed by atoms with E-state index < -0.39 is 38.6 Å². The van der Waals surface area contributed by atoms with Gasteiger partial charge in [0.2, 0.25) is 21.8 Å². The highest BCUT2D eigenvalue weighted by Gasteiger charge is 2.37. The molecule has 0 spiro atoms. The van der Waals surface area contributed by atoms with Crippen molar-refractivity contribution in [1.29, 1.82) is 0 Å². The molecule has 1 heterocycles. The summed E-state index contributed by atoms with van der Waals surface area (Å²) in [4.78, 5) is 25.0. The topological polar surface area (TPSA) is 95.6 Å². The van der Waals surface area contributed by atoms with Crippen molar-refractivity contribution in [3.05, 3.63) is 59.7 Å². The first-order chi connectivity index (χ1) is 15.0. The molecule has 0 radical (unpaired) electrons. The molecule has 0 saturated carbocycles. The molecule has 3 rings (SSSR count). The number of rotatable bonds is 7. The van der Waals surface area contributed by atoms with E-state index >= 15 is 0 Å². The number of amides is 2. The van der Waals surface area contributed by atoms with E-state index in [1.54, 1.807) is 29.2 Å². The number of carbonyl (C=O) groups is 2. The quantitative estimate of drug-likeness (QED) is 0.651. The summed E-state index contributed by atoms with van der Waals surface area (Å²) in [5.74, 6) is -0.686. The van der Waals surface area contributed by atoms with Gasteiger partial charge in [0.25, 0.3) is 0 Å². The molecule has 11 heteroatoms. The lowest BCUT2D eigenvalue weighted by atomic mass is 10.2. The Hall–Kier alpha value is -2.92. The summed E-state index contributed by atoms with van der Waals surface area (Å²) in [6.45, 7) is 2.28. The van der Waals surface area contributed by atoms with Crippen LogP contribution in [-0.4, -0.2) is 37.7 Å².